The minimum atomic E-state index is -3.51. The van der Waals surface area contributed by atoms with Crippen LogP contribution in [0.5, 0.6) is 0 Å². The van der Waals surface area contributed by atoms with Crippen LogP contribution in [0.15, 0.2) is 23.2 Å². The van der Waals surface area contributed by atoms with Gasteiger partial charge in [-0.15, -0.1) is 0 Å². The molecule has 1 fully saturated rings. The molecule has 0 radical (unpaired) electrons. The number of nitrogen functional groups attached to an aromatic ring is 1. The normalized spacial score (nSPS) is 18.9. The number of nitrogens with zero attached hydrogens (tertiary/aromatic N) is 3. The summed E-state index contributed by atoms with van der Waals surface area (Å²) < 4.78 is 26.3. The van der Waals surface area contributed by atoms with Gasteiger partial charge in [0.1, 0.15) is 10.7 Å². The number of aromatic nitrogens is 1. The molecule has 2 heterocycles. The van der Waals surface area contributed by atoms with E-state index in [-0.39, 0.29) is 10.7 Å². The first-order valence-corrected chi connectivity index (χ1v) is 7.42. The molecule has 1 aliphatic heterocycles. The maximum absolute atomic E-state index is 12.4. The fourth-order valence-electron chi connectivity index (χ4n) is 2.05. The number of rotatable bonds is 3. The highest BCUT2D eigenvalue weighted by atomic mass is 32.2. The zero-order valence-electron chi connectivity index (χ0n) is 10.4. The Hall–Kier alpha value is -1.18. The lowest BCUT2D eigenvalue weighted by Gasteiger charge is -2.33. The Balaban J connectivity index is 2.20. The largest absolute Gasteiger partial charge is 0.383 e. The van der Waals surface area contributed by atoms with Crippen molar-refractivity contribution in [2.75, 3.05) is 38.5 Å². The maximum atomic E-state index is 12.4. The highest BCUT2D eigenvalue weighted by Gasteiger charge is 2.29. The monoisotopic (exact) mass is 270 g/mol. The van der Waals surface area contributed by atoms with Gasteiger partial charge in [-0.05, 0) is 18.7 Å². The van der Waals surface area contributed by atoms with Gasteiger partial charge in [0.05, 0.1) is 0 Å². The molecule has 7 heteroatoms. The Morgan fingerprint density at radius 1 is 1.33 bits per heavy atom. The van der Waals surface area contributed by atoms with Crippen LogP contribution in [-0.2, 0) is 10.0 Å². The second kappa shape index (κ2) is 5.21. The van der Waals surface area contributed by atoms with Gasteiger partial charge in [0.15, 0.2) is 0 Å². The molecule has 100 valence electrons. The highest BCUT2D eigenvalue weighted by Crippen LogP contribution is 2.21. The number of likely N-dealkylation sites (N-methyl/N-ethyl adjacent to an activating group) is 1. The van der Waals surface area contributed by atoms with Crippen LogP contribution in [0.4, 0.5) is 5.82 Å². The molecule has 0 atom stereocenters. The lowest BCUT2D eigenvalue weighted by atomic mass is 10.4. The van der Waals surface area contributed by atoms with Gasteiger partial charge in [-0.25, -0.2) is 13.4 Å². The molecule has 2 rings (SSSR count). The summed E-state index contributed by atoms with van der Waals surface area (Å²) in [6, 6.07) is 3.09. The third-order valence-electron chi connectivity index (χ3n) is 3.20. The molecule has 0 saturated carbocycles. The van der Waals surface area contributed by atoms with Crippen LogP contribution < -0.4 is 5.73 Å². The van der Waals surface area contributed by atoms with Crippen LogP contribution in [0.2, 0.25) is 0 Å². The van der Waals surface area contributed by atoms with Crippen molar-refractivity contribution >= 4 is 15.8 Å². The second-order valence-corrected chi connectivity index (χ2v) is 6.13. The van der Waals surface area contributed by atoms with E-state index < -0.39 is 10.0 Å². The van der Waals surface area contributed by atoms with Gasteiger partial charge < -0.3 is 10.6 Å². The average Bonchev–Trinajstić information content (AvgIpc) is 2.39. The first kappa shape index (κ1) is 13.3. The molecule has 1 aliphatic rings. The second-order valence-electron chi connectivity index (χ2n) is 4.23. The van der Waals surface area contributed by atoms with Crippen LogP contribution in [0.25, 0.3) is 0 Å². The summed E-state index contributed by atoms with van der Waals surface area (Å²) in [6.07, 6.45) is 1.49. The highest BCUT2D eigenvalue weighted by molar-refractivity contribution is 7.89. The summed E-state index contributed by atoms with van der Waals surface area (Å²) in [4.78, 5) is 6.16. The van der Waals surface area contributed by atoms with Gasteiger partial charge in [0.2, 0.25) is 10.0 Å². The van der Waals surface area contributed by atoms with E-state index in [1.807, 2.05) is 0 Å². The maximum Gasteiger partial charge on any atom is 0.246 e. The summed E-state index contributed by atoms with van der Waals surface area (Å²) >= 11 is 0. The van der Waals surface area contributed by atoms with Crippen molar-refractivity contribution in [1.82, 2.24) is 14.2 Å². The van der Waals surface area contributed by atoms with Crippen LogP contribution in [0.3, 0.4) is 0 Å². The van der Waals surface area contributed by atoms with E-state index in [2.05, 4.69) is 16.8 Å². The molecule has 6 nitrogen and oxygen atoms in total. The first-order chi connectivity index (χ1) is 8.55. The van der Waals surface area contributed by atoms with Crippen molar-refractivity contribution in [2.45, 2.75) is 11.8 Å². The molecular weight excluding hydrogens is 252 g/mol. The molecule has 0 amide bonds. The van der Waals surface area contributed by atoms with E-state index in [0.29, 0.717) is 13.1 Å². The van der Waals surface area contributed by atoms with Crippen LogP contribution in [0.1, 0.15) is 6.92 Å². The summed E-state index contributed by atoms with van der Waals surface area (Å²) in [5.74, 6) is 0.0652. The Bertz CT molecular complexity index is 510. The predicted octanol–water partition coefficient (Wildman–Crippen LogP) is -0.0100. The smallest absolute Gasteiger partial charge is 0.246 e. The van der Waals surface area contributed by atoms with Gasteiger partial charge in [0, 0.05) is 32.4 Å². The van der Waals surface area contributed by atoms with Gasteiger partial charge in [0.25, 0.3) is 0 Å². The van der Waals surface area contributed by atoms with Crippen molar-refractivity contribution in [3.8, 4) is 0 Å². The first-order valence-electron chi connectivity index (χ1n) is 5.98. The summed E-state index contributed by atoms with van der Waals surface area (Å²) in [5.41, 5.74) is 5.64. The van der Waals surface area contributed by atoms with E-state index in [1.54, 1.807) is 6.07 Å². The molecule has 1 aromatic heterocycles. The van der Waals surface area contributed by atoms with Gasteiger partial charge in [-0.1, -0.05) is 6.92 Å². The molecule has 18 heavy (non-hydrogen) atoms. The predicted molar refractivity (Wildman–Crippen MR) is 69.5 cm³/mol. The van der Waals surface area contributed by atoms with Crippen molar-refractivity contribution in [1.29, 1.82) is 0 Å². The summed E-state index contributed by atoms with van der Waals surface area (Å²) in [6.45, 7) is 5.55. The number of hydrogen-bond acceptors (Lipinski definition) is 5. The zero-order valence-corrected chi connectivity index (χ0v) is 11.2. The third kappa shape index (κ3) is 2.47. The third-order valence-corrected chi connectivity index (χ3v) is 5.14. The number of sulfonamides is 1. The van der Waals surface area contributed by atoms with E-state index in [9.17, 15) is 8.42 Å². The Kier molecular flexibility index (Phi) is 3.84. The molecule has 0 bridgehead atoms. The number of piperazine rings is 1. The summed E-state index contributed by atoms with van der Waals surface area (Å²) in [5, 5.41) is 0. The summed E-state index contributed by atoms with van der Waals surface area (Å²) in [7, 11) is -3.51. The molecule has 0 aromatic carbocycles. The van der Waals surface area contributed by atoms with Gasteiger partial charge >= 0.3 is 0 Å². The zero-order chi connectivity index (χ0) is 13.2. The van der Waals surface area contributed by atoms with Gasteiger partial charge in [-0.3, -0.25) is 0 Å². The van der Waals surface area contributed by atoms with E-state index in [4.69, 9.17) is 5.73 Å². The van der Waals surface area contributed by atoms with Gasteiger partial charge in [-0.2, -0.15) is 4.31 Å². The molecule has 0 aliphatic carbocycles. The Labute approximate surface area is 107 Å². The topological polar surface area (TPSA) is 79.5 Å². The van der Waals surface area contributed by atoms with Crippen molar-refractivity contribution in [3.63, 3.8) is 0 Å². The lowest BCUT2D eigenvalue weighted by Crippen LogP contribution is -2.48. The molecule has 0 unspecified atom stereocenters. The minimum Gasteiger partial charge on any atom is -0.383 e. The van der Waals surface area contributed by atoms with Crippen LogP contribution in [0, 0.1) is 0 Å². The standard InChI is InChI=1S/C11H18N4O2S/c1-2-14-6-8-15(9-7-14)18(16,17)10-4-3-5-13-11(10)12/h3-5H,2,6-9H2,1H3,(H2,12,13). The molecule has 1 saturated heterocycles. The van der Waals surface area contributed by atoms with Crippen LogP contribution >= 0.6 is 0 Å². The number of nitrogens with two attached hydrogens (primary N) is 1. The van der Waals surface area contributed by atoms with Crippen LogP contribution in [-0.4, -0.2) is 55.3 Å². The fourth-order valence-corrected chi connectivity index (χ4v) is 3.54. The molecule has 2 N–H and O–H groups in total. The van der Waals surface area contributed by atoms with Crippen molar-refractivity contribution in [3.05, 3.63) is 18.3 Å². The molecule has 0 spiro atoms. The van der Waals surface area contributed by atoms with Crippen molar-refractivity contribution < 1.29 is 8.42 Å². The molecule has 1 aromatic rings. The van der Waals surface area contributed by atoms with E-state index in [0.717, 1.165) is 19.6 Å². The quantitative estimate of drug-likeness (QED) is 0.835. The van der Waals surface area contributed by atoms with Crippen molar-refractivity contribution in [2.24, 2.45) is 0 Å². The number of anilines is 1. The number of hydrogen-bond donors (Lipinski definition) is 1. The average molecular weight is 270 g/mol. The minimum absolute atomic E-state index is 0.0652. The fraction of sp³-hybridized carbons (Fsp3) is 0.545. The Morgan fingerprint density at radius 2 is 2.00 bits per heavy atom. The lowest BCUT2D eigenvalue weighted by molar-refractivity contribution is 0.196. The van der Waals surface area contributed by atoms with E-state index in [1.165, 1.54) is 16.6 Å². The van der Waals surface area contributed by atoms with E-state index >= 15 is 0 Å². The Morgan fingerprint density at radius 3 is 2.56 bits per heavy atom. The SMILES string of the molecule is CCN1CCN(S(=O)(=O)c2cccnc2N)CC1. The number of pyridine rings is 1. The molecular formula is C11H18N4O2S.